The molecule has 5 heteroatoms. The van der Waals surface area contributed by atoms with Crippen molar-refractivity contribution < 1.29 is 19.0 Å². The molecule has 0 aromatic carbocycles. The molecule has 0 bridgehead atoms. The number of rotatable bonds is 2. The van der Waals surface area contributed by atoms with E-state index in [2.05, 4.69) is 0 Å². The Balaban J connectivity index is 1.59. The zero-order chi connectivity index (χ0) is 12.6. The minimum atomic E-state index is -0.209. The van der Waals surface area contributed by atoms with E-state index in [1.54, 1.807) is 7.11 Å². The number of hydrogen-bond donors (Lipinski definition) is 0. The molecule has 18 heavy (non-hydrogen) atoms. The van der Waals surface area contributed by atoms with Crippen LogP contribution in [0.15, 0.2) is 0 Å². The zero-order valence-electron chi connectivity index (χ0n) is 10.9. The van der Waals surface area contributed by atoms with Crippen molar-refractivity contribution >= 4 is 5.91 Å². The Kier molecular flexibility index (Phi) is 3.30. The van der Waals surface area contributed by atoms with E-state index >= 15 is 0 Å². The largest absolute Gasteiger partial charge is 0.379 e. The van der Waals surface area contributed by atoms with Gasteiger partial charge in [-0.2, -0.15) is 0 Å². The molecule has 3 unspecified atom stereocenters. The third kappa shape index (κ3) is 2.15. The molecule has 3 aliphatic heterocycles. The van der Waals surface area contributed by atoms with Crippen LogP contribution in [-0.4, -0.2) is 62.0 Å². The second-order valence-electron chi connectivity index (χ2n) is 5.57. The first-order valence-corrected chi connectivity index (χ1v) is 6.80. The fourth-order valence-electron chi connectivity index (χ4n) is 3.25. The number of likely N-dealkylation sites (tertiary alicyclic amines) is 1. The Morgan fingerprint density at radius 3 is 3.06 bits per heavy atom. The van der Waals surface area contributed by atoms with Gasteiger partial charge in [0.2, 0.25) is 0 Å². The second-order valence-corrected chi connectivity index (χ2v) is 5.57. The zero-order valence-corrected chi connectivity index (χ0v) is 10.9. The lowest BCUT2D eigenvalue weighted by Gasteiger charge is -2.24. The van der Waals surface area contributed by atoms with Crippen LogP contribution in [0.1, 0.15) is 25.7 Å². The van der Waals surface area contributed by atoms with E-state index < -0.39 is 0 Å². The first-order valence-electron chi connectivity index (χ1n) is 6.80. The molecule has 3 atom stereocenters. The van der Waals surface area contributed by atoms with Gasteiger partial charge in [0.25, 0.3) is 5.91 Å². The SMILES string of the molecule is COC1COC2(CCN(C(=O)C3CCCO3)C2)C1. The Morgan fingerprint density at radius 1 is 1.50 bits per heavy atom. The van der Waals surface area contributed by atoms with Crippen LogP contribution < -0.4 is 0 Å². The molecule has 0 aromatic rings. The monoisotopic (exact) mass is 255 g/mol. The van der Waals surface area contributed by atoms with Crippen LogP contribution in [0.5, 0.6) is 0 Å². The summed E-state index contributed by atoms with van der Waals surface area (Å²) in [5.41, 5.74) is -0.158. The maximum absolute atomic E-state index is 12.3. The quantitative estimate of drug-likeness (QED) is 0.724. The summed E-state index contributed by atoms with van der Waals surface area (Å²) >= 11 is 0. The van der Waals surface area contributed by atoms with Crippen molar-refractivity contribution in [2.24, 2.45) is 0 Å². The molecule has 102 valence electrons. The second kappa shape index (κ2) is 4.79. The standard InChI is InChI=1S/C13H21NO4/c1-16-10-7-13(18-8-10)4-5-14(9-13)12(15)11-3-2-6-17-11/h10-11H,2-9H2,1H3. The van der Waals surface area contributed by atoms with E-state index in [0.29, 0.717) is 13.2 Å². The minimum absolute atomic E-state index is 0.147. The molecule has 3 rings (SSSR count). The van der Waals surface area contributed by atoms with Crippen molar-refractivity contribution in [1.29, 1.82) is 0 Å². The normalized spacial score (nSPS) is 39.9. The predicted molar refractivity (Wildman–Crippen MR) is 64.3 cm³/mol. The lowest BCUT2D eigenvalue weighted by Crippen LogP contribution is -2.40. The first kappa shape index (κ1) is 12.4. The molecular weight excluding hydrogens is 234 g/mol. The highest BCUT2D eigenvalue weighted by atomic mass is 16.6. The molecule has 1 spiro atoms. The van der Waals surface area contributed by atoms with Crippen molar-refractivity contribution in [1.82, 2.24) is 4.90 Å². The maximum atomic E-state index is 12.3. The van der Waals surface area contributed by atoms with Crippen molar-refractivity contribution in [3.63, 3.8) is 0 Å². The number of methoxy groups -OCH3 is 1. The number of carbonyl (C=O) groups excluding carboxylic acids is 1. The fourth-order valence-corrected chi connectivity index (χ4v) is 3.25. The lowest BCUT2D eigenvalue weighted by molar-refractivity contribution is -0.140. The number of amides is 1. The number of ether oxygens (including phenoxy) is 3. The van der Waals surface area contributed by atoms with Gasteiger partial charge in [0.15, 0.2) is 0 Å². The summed E-state index contributed by atoms with van der Waals surface area (Å²) in [6, 6.07) is 0. The molecule has 0 radical (unpaired) electrons. The highest BCUT2D eigenvalue weighted by Crippen LogP contribution is 2.36. The Hall–Kier alpha value is -0.650. The highest BCUT2D eigenvalue weighted by molar-refractivity contribution is 5.81. The summed E-state index contributed by atoms with van der Waals surface area (Å²) in [6.45, 7) is 2.86. The van der Waals surface area contributed by atoms with Gasteiger partial charge >= 0.3 is 0 Å². The molecule has 3 fully saturated rings. The third-order valence-electron chi connectivity index (χ3n) is 4.34. The van der Waals surface area contributed by atoms with E-state index in [0.717, 1.165) is 38.8 Å². The molecule has 3 aliphatic rings. The molecular formula is C13H21NO4. The lowest BCUT2D eigenvalue weighted by atomic mass is 9.98. The van der Waals surface area contributed by atoms with Crippen LogP contribution in [0.25, 0.3) is 0 Å². The van der Waals surface area contributed by atoms with Crippen molar-refractivity contribution in [2.45, 2.75) is 43.5 Å². The molecule has 3 saturated heterocycles. The van der Waals surface area contributed by atoms with Gasteiger partial charge in [-0.25, -0.2) is 0 Å². The van der Waals surface area contributed by atoms with Gasteiger partial charge in [-0.1, -0.05) is 0 Å². The van der Waals surface area contributed by atoms with Crippen LogP contribution in [0.4, 0.5) is 0 Å². The van der Waals surface area contributed by atoms with Crippen molar-refractivity contribution in [3.8, 4) is 0 Å². The van der Waals surface area contributed by atoms with E-state index in [4.69, 9.17) is 14.2 Å². The van der Waals surface area contributed by atoms with Gasteiger partial charge in [-0.3, -0.25) is 4.79 Å². The molecule has 0 saturated carbocycles. The molecule has 0 aliphatic carbocycles. The van der Waals surface area contributed by atoms with Crippen LogP contribution in [0.3, 0.4) is 0 Å². The number of nitrogens with zero attached hydrogens (tertiary/aromatic N) is 1. The number of hydrogen-bond acceptors (Lipinski definition) is 4. The van der Waals surface area contributed by atoms with E-state index in [1.807, 2.05) is 4.90 Å². The Labute approximate surface area is 107 Å². The van der Waals surface area contributed by atoms with Gasteiger partial charge in [0.1, 0.15) is 6.10 Å². The summed E-state index contributed by atoms with van der Waals surface area (Å²) in [5.74, 6) is 0.147. The average Bonchev–Trinajstić information content (AvgIpc) is 3.10. The third-order valence-corrected chi connectivity index (χ3v) is 4.34. The Bertz CT molecular complexity index is 329. The fraction of sp³-hybridized carbons (Fsp3) is 0.923. The van der Waals surface area contributed by atoms with Gasteiger partial charge < -0.3 is 19.1 Å². The van der Waals surface area contributed by atoms with Crippen molar-refractivity contribution in [3.05, 3.63) is 0 Å². The van der Waals surface area contributed by atoms with Gasteiger partial charge in [0, 0.05) is 33.2 Å². The molecule has 3 heterocycles. The Morgan fingerprint density at radius 2 is 2.39 bits per heavy atom. The van der Waals surface area contributed by atoms with Gasteiger partial charge in [-0.05, 0) is 19.3 Å². The smallest absolute Gasteiger partial charge is 0.251 e. The van der Waals surface area contributed by atoms with Crippen LogP contribution in [0, 0.1) is 0 Å². The molecule has 5 nitrogen and oxygen atoms in total. The summed E-state index contributed by atoms with van der Waals surface area (Å²) in [7, 11) is 1.72. The minimum Gasteiger partial charge on any atom is -0.379 e. The summed E-state index contributed by atoms with van der Waals surface area (Å²) in [5, 5.41) is 0. The summed E-state index contributed by atoms with van der Waals surface area (Å²) < 4.78 is 16.7. The van der Waals surface area contributed by atoms with Gasteiger partial charge in [-0.15, -0.1) is 0 Å². The molecule has 1 amide bonds. The summed E-state index contributed by atoms with van der Waals surface area (Å²) in [4.78, 5) is 14.2. The molecule has 0 N–H and O–H groups in total. The predicted octanol–water partition coefficient (Wildman–Crippen LogP) is 0.572. The van der Waals surface area contributed by atoms with E-state index in [-0.39, 0.29) is 23.7 Å². The summed E-state index contributed by atoms with van der Waals surface area (Å²) in [6.07, 6.45) is 3.66. The maximum Gasteiger partial charge on any atom is 0.251 e. The average molecular weight is 255 g/mol. The van der Waals surface area contributed by atoms with Crippen LogP contribution in [0.2, 0.25) is 0 Å². The number of carbonyl (C=O) groups is 1. The molecule has 0 aromatic heterocycles. The van der Waals surface area contributed by atoms with Crippen LogP contribution in [-0.2, 0) is 19.0 Å². The highest BCUT2D eigenvalue weighted by Gasteiger charge is 2.47. The van der Waals surface area contributed by atoms with Crippen LogP contribution >= 0.6 is 0 Å². The van der Waals surface area contributed by atoms with Gasteiger partial charge in [0.05, 0.1) is 18.3 Å². The van der Waals surface area contributed by atoms with E-state index in [1.165, 1.54) is 0 Å². The first-order chi connectivity index (χ1) is 8.72. The van der Waals surface area contributed by atoms with E-state index in [9.17, 15) is 4.79 Å². The topological polar surface area (TPSA) is 48.0 Å². The van der Waals surface area contributed by atoms with Crippen molar-refractivity contribution in [2.75, 3.05) is 33.4 Å².